The van der Waals surface area contributed by atoms with Crippen LogP contribution in [-0.2, 0) is 13.1 Å². The first kappa shape index (κ1) is 19.4. The lowest BCUT2D eigenvalue weighted by Gasteiger charge is -2.16. The van der Waals surface area contributed by atoms with Gasteiger partial charge in [0.15, 0.2) is 0 Å². The molecule has 2 N–H and O–H groups in total. The van der Waals surface area contributed by atoms with Gasteiger partial charge in [0.2, 0.25) is 0 Å². The number of hydrogen-bond acceptors (Lipinski definition) is 3. The number of ether oxygens (including phenoxy) is 1. The lowest BCUT2D eigenvalue weighted by molar-refractivity contribution is 0.226. The molecular weight excluding hydrogens is 359 g/mol. The highest BCUT2D eigenvalue weighted by molar-refractivity contribution is 5.74. The second-order valence-corrected chi connectivity index (χ2v) is 6.52. The average molecular weight is 382 g/mol. The molecule has 1 aromatic heterocycles. The van der Waals surface area contributed by atoms with E-state index in [1.807, 2.05) is 48.1 Å². The van der Waals surface area contributed by atoms with Crippen molar-refractivity contribution in [3.63, 3.8) is 0 Å². The third-order valence-corrected chi connectivity index (χ3v) is 4.04. The number of rotatable bonds is 8. The molecule has 0 aliphatic carbocycles. The van der Waals surface area contributed by atoms with Gasteiger partial charge in [0.05, 0.1) is 12.6 Å². The fourth-order valence-corrected chi connectivity index (χ4v) is 2.67. The van der Waals surface area contributed by atoms with Crippen molar-refractivity contribution in [2.75, 3.05) is 6.61 Å². The molecule has 2 amide bonds. The Balaban J connectivity index is 1.41. The fourth-order valence-electron chi connectivity index (χ4n) is 2.67. The number of benzene rings is 2. The summed E-state index contributed by atoms with van der Waals surface area (Å²) in [5.74, 6) is 0.246. The number of amides is 2. The second-order valence-electron chi connectivity index (χ2n) is 6.52. The Labute approximate surface area is 163 Å². The zero-order valence-corrected chi connectivity index (χ0v) is 15.6. The minimum Gasteiger partial charge on any atom is -0.491 e. The molecule has 28 heavy (non-hydrogen) atoms. The Morgan fingerprint density at radius 3 is 2.71 bits per heavy atom. The topological polar surface area (TPSA) is 68.2 Å². The summed E-state index contributed by atoms with van der Waals surface area (Å²) >= 11 is 0. The first-order valence-electron chi connectivity index (χ1n) is 9.06. The molecule has 3 aromatic rings. The molecule has 2 aromatic carbocycles. The SMILES string of the molecule is CC(COc1ccc(F)cc1)NC(=O)NCc1cccc(Cn2cccn2)c1. The second kappa shape index (κ2) is 9.55. The normalized spacial score (nSPS) is 11.6. The highest BCUT2D eigenvalue weighted by Gasteiger charge is 2.08. The van der Waals surface area contributed by atoms with Crippen molar-refractivity contribution < 1.29 is 13.9 Å². The minimum atomic E-state index is -0.313. The van der Waals surface area contributed by atoms with E-state index in [2.05, 4.69) is 15.7 Å². The van der Waals surface area contributed by atoms with E-state index < -0.39 is 0 Å². The van der Waals surface area contributed by atoms with Crippen LogP contribution < -0.4 is 15.4 Å². The van der Waals surface area contributed by atoms with Crippen molar-refractivity contribution in [2.24, 2.45) is 0 Å². The number of carbonyl (C=O) groups is 1. The molecule has 1 unspecified atom stereocenters. The molecular formula is C21H23FN4O2. The Kier molecular flexibility index (Phi) is 6.62. The molecule has 0 fully saturated rings. The molecule has 6 nitrogen and oxygen atoms in total. The standard InChI is InChI=1S/C21H23FN4O2/c1-16(15-28-20-8-6-19(22)7-9-20)25-21(27)23-13-17-4-2-5-18(12-17)14-26-11-3-10-24-26/h2-12,16H,13-15H2,1H3,(H2,23,25,27). The van der Waals surface area contributed by atoms with Crippen molar-refractivity contribution in [2.45, 2.75) is 26.1 Å². The largest absolute Gasteiger partial charge is 0.491 e. The molecule has 0 bridgehead atoms. The smallest absolute Gasteiger partial charge is 0.315 e. The number of halogens is 1. The first-order chi connectivity index (χ1) is 13.6. The van der Waals surface area contributed by atoms with Crippen LogP contribution in [0.3, 0.4) is 0 Å². The van der Waals surface area contributed by atoms with Gasteiger partial charge in [-0.3, -0.25) is 4.68 Å². The van der Waals surface area contributed by atoms with E-state index in [0.717, 1.165) is 11.1 Å². The van der Waals surface area contributed by atoms with Crippen LogP contribution in [0.15, 0.2) is 67.0 Å². The molecule has 0 saturated carbocycles. The minimum absolute atomic E-state index is 0.198. The fraction of sp³-hybridized carbons (Fsp3) is 0.238. The van der Waals surface area contributed by atoms with Crippen molar-refractivity contribution >= 4 is 6.03 Å². The van der Waals surface area contributed by atoms with Crippen LogP contribution >= 0.6 is 0 Å². The highest BCUT2D eigenvalue weighted by Crippen LogP contribution is 2.11. The lowest BCUT2D eigenvalue weighted by Crippen LogP contribution is -2.43. The van der Waals surface area contributed by atoms with Crippen LogP contribution in [-0.4, -0.2) is 28.5 Å². The van der Waals surface area contributed by atoms with Crippen LogP contribution in [0.2, 0.25) is 0 Å². The zero-order chi connectivity index (χ0) is 19.8. The molecule has 0 aliphatic heterocycles. The van der Waals surface area contributed by atoms with Crippen LogP contribution in [0.5, 0.6) is 5.75 Å². The molecule has 0 spiro atoms. The van der Waals surface area contributed by atoms with Crippen molar-refractivity contribution in [1.29, 1.82) is 0 Å². The third-order valence-electron chi connectivity index (χ3n) is 4.04. The van der Waals surface area contributed by atoms with E-state index in [4.69, 9.17) is 4.74 Å². The summed E-state index contributed by atoms with van der Waals surface area (Å²) in [7, 11) is 0. The van der Waals surface area contributed by atoms with Crippen LogP contribution in [0.1, 0.15) is 18.1 Å². The van der Waals surface area contributed by atoms with Crippen LogP contribution in [0.25, 0.3) is 0 Å². The summed E-state index contributed by atoms with van der Waals surface area (Å²) < 4.78 is 20.3. The molecule has 0 saturated heterocycles. The van der Waals surface area contributed by atoms with E-state index in [0.29, 0.717) is 25.4 Å². The van der Waals surface area contributed by atoms with Gasteiger partial charge in [-0.15, -0.1) is 0 Å². The summed E-state index contributed by atoms with van der Waals surface area (Å²) in [6.45, 7) is 3.24. The number of aromatic nitrogens is 2. The van der Waals surface area contributed by atoms with Crippen LogP contribution in [0, 0.1) is 5.82 Å². The van der Waals surface area contributed by atoms with Crippen molar-refractivity contribution in [1.82, 2.24) is 20.4 Å². The maximum absolute atomic E-state index is 12.9. The summed E-state index contributed by atoms with van der Waals surface area (Å²) in [6.07, 6.45) is 3.66. The monoisotopic (exact) mass is 382 g/mol. The molecule has 3 rings (SSSR count). The van der Waals surface area contributed by atoms with Crippen LogP contribution in [0.4, 0.5) is 9.18 Å². The van der Waals surface area contributed by atoms with E-state index in [1.165, 1.54) is 12.1 Å². The Morgan fingerprint density at radius 2 is 1.96 bits per heavy atom. The Bertz CT molecular complexity index is 882. The van der Waals surface area contributed by atoms with Gasteiger partial charge in [0.25, 0.3) is 0 Å². The number of carbonyl (C=O) groups excluding carboxylic acids is 1. The number of nitrogens with zero attached hydrogens (tertiary/aromatic N) is 2. The van der Waals surface area contributed by atoms with Crippen molar-refractivity contribution in [3.05, 3.63) is 83.9 Å². The van der Waals surface area contributed by atoms with E-state index in [1.54, 1.807) is 18.3 Å². The van der Waals surface area contributed by atoms with E-state index in [9.17, 15) is 9.18 Å². The van der Waals surface area contributed by atoms with Gasteiger partial charge >= 0.3 is 6.03 Å². The zero-order valence-electron chi connectivity index (χ0n) is 15.6. The summed E-state index contributed by atoms with van der Waals surface area (Å²) in [4.78, 5) is 12.1. The number of nitrogens with one attached hydrogen (secondary N) is 2. The van der Waals surface area contributed by atoms with Gasteiger partial charge in [-0.1, -0.05) is 24.3 Å². The summed E-state index contributed by atoms with van der Waals surface area (Å²) in [5.41, 5.74) is 2.12. The maximum atomic E-state index is 12.9. The first-order valence-corrected chi connectivity index (χ1v) is 9.06. The number of urea groups is 1. The third kappa shape index (κ3) is 6.12. The van der Waals surface area contributed by atoms with Gasteiger partial charge in [0.1, 0.15) is 18.2 Å². The quantitative estimate of drug-likeness (QED) is 0.628. The predicted molar refractivity (Wildman–Crippen MR) is 104 cm³/mol. The maximum Gasteiger partial charge on any atom is 0.315 e. The Hall–Kier alpha value is -3.35. The molecule has 1 atom stereocenters. The van der Waals surface area contributed by atoms with E-state index >= 15 is 0 Å². The molecule has 1 heterocycles. The lowest BCUT2D eigenvalue weighted by atomic mass is 10.1. The van der Waals surface area contributed by atoms with Gasteiger partial charge in [0, 0.05) is 18.9 Å². The van der Waals surface area contributed by atoms with Gasteiger partial charge in [-0.25, -0.2) is 9.18 Å². The van der Waals surface area contributed by atoms with E-state index in [-0.39, 0.29) is 17.9 Å². The van der Waals surface area contributed by atoms with Gasteiger partial charge < -0.3 is 15.4 Å². The van der Waals surface area contributed by atoms with Gasteiger partial charge in [-0.05, 0) is 48.4 Å². The predicted octanol–water partition coefficient (Wildman–Crippen LogP) is 3.34. The Morgan fingerprint density at radius 1 is 1.18 bits per heavy atom. The molecule has 0 aliphatic rings. The molecule has 7 heteroatoms. The molecule has 146 valence electrons. The highest BCUT2D eigenvalue weighted by atomic mass is 19.1. The number of hydrogen-bond donors (Lipinski definition) is 2. The van der Waals surface area contributed by atoms with Gasteiger partial charge in [-0.2, -0.15) is 5.10 Å². The summed E-state index contributed by atoms with van der Waals surface area (Å²) in [5, 5.41) is 9.86. The molecule has 0 radical (unpaired) electrons. The van der Waals surface area contributed by atoms with Crippen molar-refractivity contribution in [3.8, 4) is 5.75 Å². The average Bonchev–Trinajstić information content (AvgIpc) is 3.19. The summed E-state index contributed by atoms with van der Waals surface area (Å²) in [6, 6.07) is 15.2.